The van der Waals surface area contributed by atoms with Gasteiger partial charge in [0.15, 0.2) is 0 Å². The Kier molecular flexibility index (Phi) is 6.21. The van der Waals surface area contributed by atoms with Crippen molar-refractivity contribution < 1.29 is 22.7 Å². The Morgan fingerprint density at radius 3 is 2.18 bits per heavy atom. The molecule has 0 N–H and O–H groups in total. The molecule has 1 atom stereocenters. The molecule has 0 aromatic heterocycles. The maximum Gasteiger partial charge on any atom is 0.246 e. The maximum absolute atomic E-state index is 12.8. The first-order valence-electron chi connectivity index (χ1n) is 9.05. The van der Waals surface area contributed by atoms with Crippen LogP contribution in [-0.4, -0.2) is 57.8 Å². The molecule has 1 amide bonds. The van der Waals surface area contributed by atoms with E-state index in [-0.39, 0.29) is 5.91 Å². The van der Waals surface area contributed by atoms with Crippen molar-refractivity contribution in [1.82, 2.24) is 4.90 Å². The Labute approximate surface area is 165 Å². The maximum atomic E-state index is 12.8. The zero-order valence-corrected chi connectivity index (χ0v) is 16.8. The summed E-state index contributed by atoms with van der Waals surface area (Å²) in [5.41, 5.74) is 0.414. The van der Waals surface area contributed by atoms with E-state index in [0.717, 1.165) is 10.6 Å². The van der Waals surface area contributed by atoms with Gasteiger partial charge < -0.3 is 14.4 Å². The van der Waals surface area contributed by atoms with Crippen LogP contribution in [-0.2, 0) is 19.6 Å². The van der Waals surface area contributed by atoms with Crippen LogP contribution < -0.4 is 9.04 Å². The summed E-state index contributed by atoms with van der Waals surface area (Å²) in [5, 5.41) is 0. The fourth-order valence-corrected chi connectivity index (χ4v) is 4.31. The molecule has 0 spiro atoms. The predicted molar refractivity (Wildman–Crippen MR) is 107 cm³/mol. The Balaban J connectivity index is 1.80. The van der Waals surface area contributed by atoms with Gasteiger partial charge in [0, 0.05) is 13.1 Å². The van der Waals surface area contributed by atoms with Crippen molar-refractivity contribution >= 4 is 21.6 Å². The summed E-state index contributed by atoms with van der Waals surface area (Å²) in [6.45, 7) is 3.45. The highest BCUT2D eigenvalue weighted by Crippen LogP contribution is 2.27. The fourth-order valence-electron chi connectivity index (χ4n) is 3.14. The van der Waals surface area contributed by atoms with Crippen LogP contribution in [0.2, 0.25) is 0 Å². The number of hydrogen-bond acceptors (Lipinski definition) is 5. The van der Waals surface area contributed by atoms with Gasteiger partial charge in [0.2, 0.25) is 15.9 Å². The van der Waals surface area contributed by atoms with E-state index in [2.05, 4.69) is 0 Å². The van der Waals surface area contributed by atoms with Gasteiger partial charge in [-0.2, -0.15) is 0 Å². The van der Waals surface area contributed by atoms with Crippen molar-refractivity contribution in [1.29, 1.82) is 0 Å². The van der Waals surface area contributed by atoms with Gasteiger partial charge in [0.25, 0.3) is 0 Å². The molecule has 0 aliphatic carbocycles. The fraction of sp³-hybridized carbons (Fsp3) is 0.350. The lowest BCUT2D eigenvalue weighted by Crippen LogP contribution is -2.52. The number of hydrogen-bond donors (Lipinski definition) is 0. The minimum Gasteiger partial charge on any atom is -0.457 e. The molecule has 1 saturated heterocycles. The molecule has 7 nitrogen and oxygen atoms in total. The van der Waals surface area contributed by atoms with Crippen molar-refractivity contribution in [2.45, 2.75) is 13.0 Å². The molecule has 2 aromatic carbocycles. The van der Waals surface area contributed by atoms with E-state index in [0.29, 0.717) is 43.5 Å². The van der Waals surface area contributed by atoms with Crippen molar-refractivity contribution in [3.63, 3.8) is 0 Å². The molecule has 0 saturated carbocycles. The van der Waals surface area contributed by atoms with Crippen molar-refractivity contribution in [2.24, 2.45) is 0 Å². The number of nitrogens with zero attached hydrogens (tertiary/aromatic N) is 2. The lowest BCUT2D eigenvalue weighted by molar-refractivity contribution is -0.136. The Morgan fingerprint density at radius 2 is 1.61 bits per heavy atom. The number of sulfonamides is 1. The smallest absolute Gasteiger partial charge is 0.246 e. The van der Waals surface area contributed by atoms with Crippen LogP contribution in [0.1, 0.15) is 6.92 Å². The van der Waals surface area contributed by atoms with Gasteiger partial charge in [-0.1, -0.05) is 18.2 Å². The number of benzene rings is 2. The van der Waals surface area contributed by atoms with Crippen molar-refractivity contribution in [2.75, 3.05) is 36.9 Å². The lowest BCUT2D eigenvalue weighted by atomic mass is 10.2. The van der Waals surface area contributed by atoms with Gasteiger partial charge in [0.1, 0.15) is 17.5 Å². The molecule has 1 heterocycles. The third-order valence-corrected chi connectivity index (χ3v) is 5.70. The first-order chi connectivity index (χ1) is 13.4. The molecule has 3 rings (SSSR count). The number of rotatable bonds is 6. The molecular formula is C20H24N2O5S. The topological polar surface area (TPSA) is 76.2 Å². The SMILES string of the molecule is C[C@H](C(=O)N1CCOCC1)N(c1ccc(Oc2ccccc2)cc1)S(C)(=O)=O. The van der Waals surface area contributed by atoms with E-state index >= 15 is 0 Å². The monoisotopic (exact) mass is 404 g/mol. The number of ether oxygens (including phenoxy) is 2. The summed E-state index contributed by atoms with van der Waals surface area (Å²) in [5.74, 6) is 1.03. The molecule has 150 valence electrons. The van der Waals surface area contributed by atoms with Crippen LogP contribution in [0.25, 0.3) is 0 Å². The quantitative estimate of drug-likeness (QED) is 0.739. The van der Waals surface area contributed by atoms with Crippen LogP contribution in [0.3, 0.4) is 0 Å². The Bertz CT molecular complexity index is 894. The van der Waals surface area contributed by atoms with Crippen LogP contribution >= 0.6 is 0 Å². The van der Waals surface area contributed by atoms with Crippen LogP contribution in [0, 0.1) is 0 Å². The molecule has 1 aliphatic heterocycles. The number of amides is 1. The molecule has 2 aromatic rings. The summed E-state index contributed by atoms with van der Waals surface area (Å²) in [4.78, 5) is 14.4. The van der Waals surface area contributed by atoms with Gasteiger partial charge in [-0.15, -0.1) is 0 Å². The second kappa shape index (κ2) is 8.62. The van der Waals surface area contributed by atoms with Gasteiger partial charge >= 0.3 is 0 Å². The third-order valence-electron chi connectivity index (χ3n) is 4.46. The van der Waals surface area contributed by atoms with E-state index in [1.165, 1.54) is 0 Å². The summed E-state index contributed by atoms with van der Waals surface area (Å²) >= 11 is 0. The van der Waals surface area contributed by atoms with Crippen LogP contribution in [0.4, 0.5) is 5.69 Å². The van der Waals surface area contributed by atoms with E-state index in [4.69, 9.17) is 9.47 Å². The number of morpholine rings is 1. The van der Waals surface area contributed by atoms with E-state index in [1.54, 1.807) is 36.1 Å². The standard InChI is InChI=1S/C20H24N2O5S/c1-16(20(23)21-12-14-26-15-13-21)22(28(2,24)25)17-8-10-19(11-9-17)27-18-6-4-3-5-7-18/h3-11,16H,12-15H2,1-2H3/t16-/m1/s1. The average molecular weight is 404 g/mol. The highest BCUT2D eigenvalue weighted by Gasteiger charge is 2.32. The molecule has 28 heavy (non-hydrogen) atoms. The first-order valence-corrected chi connectivity index (χ1v) is 10.9. The average Bonchev–Trinajstić information content (AvgIpc) is 2.69. The minimum atomic E-state index is -3.66. The summed E-state index contributed by atoms with van der Waals surface area (Å²) < 4.78 is 37.0. The second-order valence-corrected chi connectivity index (χ2v) is 8.44. The molecular weight excluding hydrogens is 380 g/mol. The van der Waals surface area contributed by atoms with Gasteiger partial charge in [-0.3, -0.25) is 9.10 Å². The highest BCUT2D eigenvalue weighted by molar-refractivity contribution is 7.92. The largest absolute Gasteiger partial charge is 0.457 e. The van der Waals surface area contributed by atoms with E-state index < -0.39 is 16.1 Å². The second-order valence-electron chi connectivity index (χ2n) is 6.58. The Morgan fingerprint density at radius 1 is 1.04 bits per heavy atom. The summed E-state index contributed by atoms with van der Waals surface area (Å²) in [6.07, 6.45) is 1.10. The van der Waals surface area contributed by atoms with E-state index in [9.17, 15) is 13.2 Å². The van der Waals surface area contributed by atoms with Gasteiger partial charge in [-0.05, 0) is 43.3 Å². The number of carbonyl (C=O) groups excluding carboxylic acids is 1. The van der Waals surface area contributed by atoms with Crippen LogP contribution in [0.15, 0.2) is 54.6 Å². The third kappa shape index (κ3) is 4.82. The van der Waals surface area contributed by atoms with Crippen molar-refractivity contribution in [3.8, 4) is 11.5 Å². The lowest BCUT2D eigenvalue weighted by Gasteiger charge is -2.34. The first kappa shape index (κ1) is 20.2. The predicted octanol–water partition coefficient (Wildman–Crippen LogP) is 2.49. The number of anilines is 1. The molecule has 8 heteroatoms. The number of carbonyl (C=O) groups is 1. The molecule has 0 bridgehead atoms. The van der Waals surface area contributed by atoms with Gasteiger partial charge in [0.05, 0.1) is 25.2 Å². The van der Waals surface area contributed by atoms with Gasteiger partial charge in [-0.25, -0.2) is 8.42 Å². The molecule has 1 fully saturated rings. The summed E-state index contributed by atoms with van der Waals surface area (Å²) in [7, 11) is -3.66. The normalized spacial score (nSPS) is 15.7. The molecule has 0 unspecified atom stereocenters. The van der Waals surface area contributed by atoms with E-state index in [1.807, 2.05) is 30.3 Å². The minimum absolute atomic E-state index is 0.238. The zero-order valence-electron chi connectivity index (χ0n) is 15.9. The molecule has 0 radical (unpaired) electrons. The Hall–Kier alpha value is -2.58. The number of para-hydroxylation sites is 1. The molecule has 1 aliphatic rings. The summed E-state index contributed by atoms with van der Waals surface area (Å²) in [6, 6.07) is 15.1. The van der Waals surface area contributed by atoms with Crippen LogP contribution in [0.5, 0.6) is 11.5 Å². The zero-order chi connectivity index (χ0) is 20.1. The highest BCUT2D eigenvalue weighted by atomic mass is 32.2. The van der Waals surface area contributed by atoms with Crippen molar-refractivity contribution in [3.05, 3.63) is 54.6 Å².